The molecule has 5 heterocycles. The number of hydrogen-bond donors (Lipinski definition) is 1. The van der Waals surface area contributed by atoms with Crippen LogP contribution in [-0.2, 0) is 6.54 Å². The van der Waals surface area contributed by atoms with Crippen LogP contribution in [0.15, 0.2) is 73.1 Å². The third-order valence-electron chi connectivity index (χ3n) is 6.96. The molecule has 1 atom stereocenters. The Labute approximate surface area is 203 Å². The normalized spacial score (nSPS) is 16.3. The molecule has 7 heteroatoms. The standard InChI is InChI=1S/C28H28N6O/c1-19-27(25-15-20-7-2-3-10-24(20)34(25)18-23-9-4-5-12-30-23)31-26-16-21(11-14-33(19)26)28(35)32-13-6-8-22(29)17-32/h2-5,7,9-12,14-16,22H,6,8,13,17-18,29H2,1H3/t22-/m1/s1. The number of fused-ring (bicyclic) bond motifs is 2. The van der Waals surface area contributed by atoms with Crippen LogP contribution in [0.1, 0.15) is 34.6 Å². The van der Waals surface area contributed by atoms with Crippen LogP contribution in [0.5, 0.6) is 0 Å². The van der Waals surface area contributed by atoms with Crippen molar-refractivity contribution < 1.29 is 4.79 Å². The van der Waals surface area contributed by atoms with Gasteiger partial charge in [0.1, 0.15) is 11.3 Å². The van der Waals surface area contributed by atoms with Gasteiger partial charge in [0.05, 0.1) is 17.9 Å². The molecule has 0 unspecified atom stereocenters. The van der Waals surface area contributed by atoms with Crippen molar-refractivity contribution in [2.75, 3.05) is 13.1 Å². The monoisotopic (exact) mass is 464 g/mol. The maximum Gasteiger partial charge on any atom is 0.254 e. The van der Waals surface area contributed by atoms with Crippen molar-refractivity contribution in [3.8, 4) is 11.4 Å². The fraction of sp³-hybridized carbons (Fsp3) is 0.250. The predicted molar refractivity (Wildman–Crippen MR) is 137 cm³/mol. The molecule has 0 bridgehead atoms. The molecule has 5 aromatic rings. The number of nitrogens with two attached hydrogens (primary N) is 1. The zero-order valence-corrected chi connectivity index (χ0v) is 19.8. The second-order valence-electron chi connectivity index (χ2n) is 9.34. The summed E-state index contributed by atoms with van der Waals surface area (Å²) in [6, 6.07) is 20.4. The topological polar surface area (TPSA) is 81.5 Å². The Morgan fingerprint density at radius 2 is 1.97 bits per heavy atom. The number of aromatic nitrogens is 4. The lowest BCUT2D eigenvalue weighted by molar-refractivity contribution is 0.0709. The van der Waals surface area contributed by atoms with Gasteiger partial charge in [0.15, 0.2) is 0 Å². The Balaban J connectivity index is 1.43. The van der Waals surface area contributed by atoms with Crippen LogP contribution in [-0.4, -0.2) is 48.9 Å². The number of imidazole rings is 1. The molecule has 176 valence electrons. The third kappa shape index (κ3) is 3.88. The van der Waals surface area contributed by atoms with Crippen molar-refractivity contribution in [3.63, 3.8) is 0 Å². The van der Waals surface area contributed by atoms with Crippen LogP contribution < -0.4 is 5.73 Å². The van der Waals surface area contributed by atoms with Gasteiger partial charge in [-0.05, 0) is 56.2 Å². The molecule has 0 aliphatic carbocycles. The van der Waals surface area contributed by atoms with E-state index in [1.165, 1.54) is 0 Å². The number of nitrogens with zero attached hydrogens (tertiary/aromatic N) is 5. The van der Waals surface area contributed by atoms with Gasteiger partial charge in [-0.3, -0.25) is 9.78 Å². The van der Waals surface area contributed by atoms with E-state index in [1.54, 1.807) is 0 Å². The van der Waals surface area contributed by atoms with E-state index in [2.05, 4.69) is 51.2 Å². The first kappa shape index (κ1) is 21.6. The maximum absolute atomic E-state index is 13.1. The molecule has 1 aliphatic rings. The summed E-state index contributed by atoms with van der Waals surface area (Å²) in [5.74, 6) is 0.0223. The summed E-state index contributed by atoms with van der Waals surface area (Å²) in [4.78, 5) is 24.6. The average molecular weight is 465 g/mol. The predicted octanol–water partition coefficient (Wildman–Crippen LogP) is 4.27. The third-order valence-corrected chi connectivity index (χ3v) is 6.96. The number of para-hydroxylation sites is 1. The molecule has 7 nitrogen and oxygen atoms in total. The van der Waals surface area contributed by atoms with Crippen LogP contribution in [0.3, 0.4) is 0 Å². The lowest BCUT2D eigenvalue weighted by Crippen LogP contribution is -2.45. The largest absolute Gasteiger partial charge is 0.337 e. The number of pyridine rings is 2. The highest BCUT2D eigenvalue weighted by atomic mass is 16.2. The Morgan fingerprint density at radius 1 is 1.11 bits per heavy atom. The fourth-order valence-electron chi connectivity index (χ4n) is 5.15. The second kappa shape index (κ2) is 8.67. The van der Waals surface area contributed by atoms with E-state index in [0.29, 0.717) is 18.7 Å². The number of likely N-dealkylation sites (tertiary alicyclic amines) is 1. The van der Waals surface area contributed by atoms with Crippen molar-refractivity contribution in [1.29, 1.82) is 0 Å². The molecule has 1 saturated heterocycles. The van der Waals surface area contributed by atoms with E-state index < -0.39 is 0 Å². The summed E-state index contributed by atoms with van der Waals surface area (Å²) in [7, 11) is 0. The number of benzene rings is 1. The molecular formula is C28H28N6O. The summed E-state index contributed by atoms with van der Waals surface area (Å²) in [5, 5.41) is 1.16. The quantitative estimate of drug-likeness (QED) is 0.431. The molecule has 4 aromatic heterocycles. The number of piperidine rings is 1. The first-order chi connectivity index (χ1) is 17.1. The lowest BCUT2D eigenvalue weighted by atomic mass is 10.1. The highest BCUT2D eigenvalue weighted by Gasteiger charge is 2.24. The van der Waals surface area contributed by atoms with Crippen LogP contribution in [0.2, 0.25) is 0 Å². The Hall–Kier alpha value is -3.97. The smallest absolute Gasteiger partial charge is 0.254 e. The molecule has 0 saturated carbocycles. The number of rotatable bonds is 4. The van der Waals surface area contributed by atoms with E-state index in [-0.39, 0.29) is 11.9 Å². The Bertz CT molecular complexity index is 1530. The zero-order valence-electron chi connectivity index (χ0n) is 19.8. The molecule has 1 aromatic carbocycles. The van der Waals surface area contributed by atoms with Crippen LogP contribution in [0.4, 0.5) is 0 Å². The van der Waals surface area contributed by atoms with Crippen molar-refractivity contribution in [3.05, 3.63) is 90.0 Å². The van der Waals surface area contributed by atoms with Crippen LogP contribution >= 0.6 is 0 Å². The van der Waals surface area contributed by atoms with Crippen LogP contribution in [0.25, 0.3) is 27.9 Å². The van der Waals surface area contributed by atoms with Gasteiger partial charge in [0, 0.05) is 53.7 Å². The van der Waals surface area contributed by atoms with E-state index in [1.807, 2.05) is 47.6 Å². The summed E-state index contributed by atoms with van der Waals surface area (Å²) in [5.41, 5.74) is 12.6. The summed E-state index contributed by atoms with van der Waals surface area (Å²) >= 11 is 0. The summed E-state index contributed by atoms with van der Waals surface area (Å²) in [6.45, 7) is 4.08. The molecular weight excluding hydrogens is 436 g/mol. The molecule has 2 N–H and O–H groups in total. The lowest BCUT2D eigenvalue weighted by Gasteiger charge is -2.30. The molecule has 1 fully saturated rings. The number of carbonyl (C=O) groups excluding carboxylic acids is 1. The Kier molecular flexibility index (Phi) is 5.34. The molecule has 0 spiro atoms. The first-order valence-electron chi connectivity index (χ1n) is 12.1. The molecule has 1 amide bonds. The molecule has 0 radical (unpaired) electrons. The number of hydrogen-bond acceptors (Lipinski definition) is 4. The minimum Gasteiger partial charge on any atom is -0.337 e. The van der Waals surface area contributed by atoms with Crippen molar-refractivity contribution in [2.24, 2.45) is 5.73 Å². The van der Waals surface area contributed by atoms with E-state index in [9.17, 15) is 4.79 Å². The molecule has 1 aliphatic heterocycles. The molecule has 35 heavy (non-hydrogen) atoms. The van der Waals surface area contributed by atoms with Gasteiger partial charge in [-0.15, -0.1) is 0 Å². The van der Waals surface area contributed by atoms with Gasteiger partial charge in [-0.25, -0.2) is 4.98 Å². The van der Waals surface area contributed by atoms with Gasteiger partial charge in [0.2, 0.25) is 0 Å². The van der Waals surface area contributed by atoms with Crippen molar-refractivity contribution >= 4 is 22.5 Å². The Morgan fingerprint density at radius 3 is 2.80 bits per heavy atom. The van der Waals surface area contributed by atoms with Gasteiger partial charge in [-0.1, -0.05) is 24.3 Å². The fourth-order valence-corrected chi connectivity index (χ4v) is 5.15. The second-order valence-corrected chi connectivity index (χ2v) is 9.34. The summed E-state index contributed by atoms with van der Waals surface area (Å²) in [6.07, 6.45) is 5.69. The maximum atomic E-state index is 13.1. The van der Waals surface area contributed by atoms with E-state index >= 15 is 0 Å². The number of aryl methyl sites for hydroxylation is 1. The van der Waals surface area contributed by atoms with Crippen molar-refractivity contribution in [1.82, 2.24) is 23.8 Å². The van der Waals surface area contributed by atoms with Crippen LogP contribution in [0, 0.1) is 6.92 Å². The van der Waals surface area contributed by atoms with Gasteiger partial charge >= 0.3 is 0 Å². The minimum absolute atomic E-state index is 0.0223. The minimum atomic E-state index is 0.0223. The van der Waals surface area contributed by atoms with Gasteiger partial charge in [-0.2, -0.15) is 0 Å². The zero-order chi connectivity index (χ0) is 23.9. The van der Waals surface area contributed by atoms with Gasteiger partial charge in [0.25, 0.3) is 5.91 Å². The number of amides is 1. The summed E-state index contributed by atoms with van der Waals surface area (Å²) < 4.78 is 4.32. The van der Waals surface area contributed by atoms with Gasteiger partial charge < -0.3 is 19.6 Å². The first-order valence-corrected chi connectivity index (χ1v) is 12.1. The highest BCUT2D eigenvalue weighted by molar-refractivity contribution is 5.95. The van der Waals surface area contributed by atoms with Crippen molar-refractivity contribution in [2.45, 2.75) is 32.4 Å². The van der Waals surface area contributed by atoms with E-state index in [0.717, 1.165) is 58.7 Å². The van der Waals surface area contributed by atoms with E-state index in [4.69, 9.17) is 10.7 Å². The SMILES string of the molecule is Cc1c(-c2cc3ccccc3n2Cc2ccccn2)nc2cc(C(=O)N3CCC[C@@H](N)C3)ccn12. The average Bonchev–Trinajstić information content (AvgIpc) is 3.41. The molecule has 6 rings (SSSR count). The number of carbonyl (C=O) groups is 1. The highest BCUT2D eigenvalue weighted by Crippen LogP contribution is 2.31.